The summed E-state index contributed by atoms with van der Waals surface area (Å²) in [6.45, 7) is 5.18. The highest BCUT2D eigenvalue weighted by Gasteiger charge is 2.32. The number of nitrogens with zero attached hydrogens (tertiary/aromatic N) is 3. The second-order valence-electron chi connectivity index (χ2n) is 4.58. The van der Waals surface area contributed by atoms with E-state index in [1.807, 2.05) is 18.1 Å². The van der Waals surface area contributed by atoms with Gasteiger partial charge in [-0.3, -0.25) is 9.48 Å². The van der Waals surface area contributed by atoms with E-state index in [0.717, 1.165) is 12.2 Å². The molecular formula is C11H17N3O. The Kier molecular flexibility index (Phi) is 2.50. The lowest BCUT2D eigenvalue weighted by molar-refractivity contribution is -0.117. The number of rotatable bonds is 2. The molecule has 0 bridgehead atoms. The van der Waals surface area contributed by atoms with Crippen LogP contribution in [0.3, 0.4) is 0 Å². The minimum Gasteiger partial charge on any atom is -0.309 e. The predicted octanol–water partition coefficient (Wildman–Crippen LogP) is 1.43. The zero-order chi connectivity index (χ0) is 11.0. The zero-order valence-electron chi connectivity index (χ0n) is 9.47. The van der Waals surface area contributed by atoms with Gasteiger partial charge in [0.25, 0.3) is 0 Å². The maximum absolute atomic E-state index is 11.8. The number of aryl methyl sites for hydroxylation is 1. The van der Waals surface area contributed by atoms with Crippen LogP contribution in [0.15, 0.2) is 12.4 Å². The summed E-state index contributed by atoms with van der Waals surface area (Å²) in [6.07, 6.45) is 4.31. The van der Waals surface area contributed by atoms with Crippen molar-refractivity contribution in [1.82, 2.24) is 9.78 Å². The van der Waals surface area contributed by atoms with Crippen molar-refractivity contribution in [2.45, 2.75) is 20.3 Å². The van der Waals surface area contributed by atoms with Crippen LogP contribution >= 0.6 is 0 Å². The Labute approximate surface area is 89.9 Å². The van der Waals surface area contributed by atoms with Crippen molar-refractivity contribution in [2.75, 3.05) is 11.4 Å². The van der Waals surface area contributed by atoms with E-state index >= 15 is 0 Å². The molecule has 0 saturated carbocycles. The number of hydrogen-bond donors (Lipinski definition) is 0. The van der Waals surface area contributed by atoms with E-state index < -0.39 is 0 Å². The molecule has 1 aromatic rings. The quantitative estimate of drug-likeness (QED) is 0.735. The van der Waals surface area contributed by atoms with Gasteiger partial charge in [0.15, 0.2) is 0 Å². The Bertz CT molecular complexity index is 370. The fraction of sp³-hybridized carbons (Fsp3) is 0.636. The third-order valence-corrected chi connectivity index (χ3v) is 3.10. The predicted molar refractivity (Wildman–Crippen MR) is 58.5 cm³/mol. The zero-order valence-corrected chi connectivity index (χ0v) is 9.47. The van der Waals surface area contributed by atoms with Gasteiger partial charge in [-0.2, -0.15) is 5.10 Å². The second-order valence-corrected chi connectivity index (χ2v) is 4.58. The van der Waals surface area contributed by atoms with E-state index in [4.69, 9.17) is 0 Å². The molecule has 1 aliphatic heterocycles. The lowest BCUT2D eigenvalue weighted by Crippen LogP contribution is -2.24. The van der Waals surface area contributed by atoms with Gasteiger partial charge in [-0.15, -0.1) is 0 Å². The van der Waals surface area contributed by atoms with Gasteiger partial charge in [0.1, 0.15) is 0 Å². The molecule has 0 radical (unpaired) electrons. The lowest BCUT2D eigenvalue weighted by Gasteiger charge is -2.15. The van der Waals surface area contributed by atoms with E-state index in [1.54, 1.807) is 10.9 Å². The molecule has 4 heteroatoms. The van der Waals surface area contributed by atoms with Crippen molar-refractivity contribution < 1.29 is 4.79 Å². The molecule has 1 aliphatic rings. The Morgan fingerprint density at radius 1 is 1.53 bits per heavy atom. The normalized spacial score (nSPS) is 21.7. The van der Waals surface area contributed by atoms with Gasteiger partial charge < -0.3 is 4.90 Å². The minimum absolute atomic E-state index is 0.224. The summed E-state index contributed by atoms with van der Waals surface area (Å²) in [4.78, 5) is 13.6. The van der Waals surface area contributed by atoms with E-state index in [2.05, 4.69) is 18.9 Å². The van der Waals surface area contributed by atoms with Crippen molar-refractivity contribution in [1.29, 1.82) is 0 Å². The average Bonchev–Trinajstić information content (AvgIpc) is 2.71. The largest absolute Gasteiger partial charge is 0.309 e. The molecule has 15 heavy (non-hydrogen) atoms. The molecule has 1 aromatic heterocycles. The lowest BCUT2D eigenvalue weighted by atomic mass is 9.95. The molecule has 0 aliphatic carbocycles. The molecule has 0 aromatic carbocycles. The summed E-state index contributed by atoms with van der Waals surface area (Å²) in [5.41, 5.74) is 0.922. The molecule has 1 amide bonds. The molecule has 4 nitrogen and oxygen atoms in total. The van der Waals surface area contributed by atoms with Crippen LogP contribution in [-0.2, 0) is 11.8 Å². The standard InChI is InChI=1S/C11H17N3O/c1-8(2)9-4-11(15)14(6-9)10-5-12-13(3)7-10/h5,7-9H,4,6H2,1-3H3/t9-/m0/s1. The SMILES string of the molecule is CC(C)[C@H]1CC(=O)N(c2cnn(C)c2)C1. The minimum atomic E-state index is 0.224. The second kappa shape index (κ2) is 3.68. The summed E-state index contributed by atoms with van der Waals surface area (Å²) < 4.78 is 1.73. The van der Waals surface area contributed by atoms with Gasteiger partial charge in [0.2, 0.25) is 5.91 Å². The van der Waals surface area contributed by atoms with Crippen LogP contribution in [0, 0.1) is 11.8 Å². The van der Waals surface area contributed by atoms with Gasteiger partial charge in [-0.25, -0.2) is 0 Å². The first-order valence-electron chi connectivity index (χ1n) is 5.37. The number of carbonyl (C=O) groups excluding carboxylic acids is 1. The number of amides is 1. The van der Waals surface area contributed by atoms with Crippen molar-refractivity contribution in [3.05, 3.63) is 12.4 Å². The summed E-state index contributed by atoms with van der Waals surface area (Å²) >= 11 is 0. The Morgan fingerprint density at radius 2 is 2.27 bits per heavy atom. The summed E-state index contributed by atoms with van der Waals surface area (Å²) in [7, 11) is 1.87. The van der Waals surface area contributed by atoms with Gasteiger partial charge >= 0.3 is 0 Å². The molecule has 0 N–H and O–H groups in total. The fourth-order valence-electron chi connectivity index (χ4n) is 1.98. The molecule has 1 fully saturated rings. The van der Waals surface area contributed by atoms with Gasteiger partial charge in [0.05, 0.1) is 11.9 Å². The molecule has 82 valence electrons. The van der Waals surface area contributed by atoms with Crippen molar-refractivity contribution in [3.8, 4) is 0 Å². The third kappa shape index (κ3) is 1.89. The molecule has 2 heterocycles. The first kappa shape index (κ1) is 10.2. The monoisotopic (exact) mass is 207 g/mol. The van der Waals surface area contributed by atoms with Crippen molar-refractivity contribution in [3.63, 3.8) is 0 Å². The van der Waals surface area contributed by atoms with Crippen LogP contribution in [0.4, 0.5) is 5.69 Å². The molecule has 0 unspecified atom stereocenters. The molecule has 1 atom stereocenters. The molecule has 0 spiro atoms. The van der Waals surface area contributed by atoms with E-state index in [0.29, 0.717) is 18.3 Å². The average molecular weight is 207 g/mol. The van der Waals surface area contributed by atoms with Crippen LogP contribution in [0.2, 0.25) is 0 Å². The highest BCUT2D eigenvalue weighted by molar-refractivity contribution is 5.95. The van der Waals surface area contributed by atoms with E-state index in [1.165, 1.54) is 0 Å². The van der Waals surface area contributed by atoms with Crippen LogP contribution < -0.4 is 4.90 Å². The Balaban J connectivity index is 2.15. The molecule has 2 rings (SSSR count). The smallest absolute Gasteiger partial charge is 0.227 e. The van der Waals surface area contributed by atoms with E-state index in [9.17, 15) is 4.79 Å². The van der Waals surface area contributed by atoms with Gasteiger partial charge in [-0.05, 0) is 11.8 Å². The highest BCUT2D eigenvalue weighted by atomic mass is 16.2. The number of aromatic nitrogens is 2. The maximum atomic E-state index is 11.8. The first-order valence-corrected chi connectivity index (χ1v) is 5.37. The number of hydrogen-bond acceptors (Lipinski definition) is 2. The summed E-state index contributed by atoms with van der Waals surface area (Å²) in [6, 6.07) is 0. The maximum Gasteiger partial charge on any atom is 0.227 e. The number of anilines is 1. The van der Waals surface area contributed by atoms with Crippen LogP contribution in [0.25, 0.3) is 0 Å². The fourth-order valence-corrected chi connectivity index (χ4v) is 1.98. The Morgan fingerprint density at radius 3 is 2.73 bits per heavy atom. The van der Waals surface area contributed by atoms with Crippen molar-refractivity contribution in [2.24, 2.45) is 18.9 Å². The topological polar surface area (TPSA) is 38.1 Å². The summed E-state index contributed by atoms with van der Waals surface area (Å²) in [5, 5.41) is 4.09. The third-order valence-electron chi connectivity index (χ3n) is 3.10. The number of carbonyl (C=O) groups is 1. The Hall–Kier alpha value is -1.32. The van der Waals surface area contributed by atoms with Crippen LogP contribution in [0.1, 0.15) is 20.3 Å². The van der Waals surface area contributed by atoms with Crippen molar-refractivity contribution >= 4 is 11.6 Å². The van der Waals surface area contributed by atoms with Crippen LogP contribution in [-0.4, -0.2) is 22.2 Å². The highest BCUT2D eigenvalue weighted by Crippen LogP contribution is 2.28. The van der Waals surface area contributed by atoms with Crippen LogP contribution in [0.5, 0.6) is 0 Å². The summed E-state index contributed by atoms with van der Waals surface area (Å²) in [5.74, 6) is 1.27. The molecular weight excluding hydrogens is 190 g/mol. The molecule has 1 saturated heterocycles. The first-order chi connectivity index (χ1) is 7.08. The van der Waals surface area contributed by atoms with E-state index in [-0.39, 0.29) is 5.91 Å². The van der Waals surface area contributed by atoms with Gasteiger partial charge in [0, 0.05) is 26.2 Å². The van der Waals surface area contributed by atoms with Gasteiger partial charge in [-0.1, -0.05) is 13.8 Å².